The minimum Gasteiger partial charge on any atom is -0.395 e. The van der Waals surface area contributed by atoms with Crippen LogP contribution in [0.1, 0.15) is 5.56 Å². The molecule has 152 valence electrons. The Labute approximate surface area is 162 Å². The van der Waals surface area contributed by atoms with Crippen LogP contribution in [0, 0.1) is 0 Å². The van der Waals surface area contributed by atoms with E-state index in [1.807, 2.05) is 30.3 Å². The Hall–Kier alpha value is -2.36. The van der Waals surface area contributed by atoms with Gasteiger partial charge in [0.2, 0.25) is 15.7 Å². The fourth-order valence-corrected chi connectivity index (χ4v) is 3.54. The van der Waals surface area contributed by atoms with Gasteiger partial charge in [0.25, 0.3) is 0 Å². The van der Waals surface area contributed by atoms with Gasteiger partial charge in [0.05, 0.1) is 23.7 Å². The van der Waals surface area contributed by atoms with Crippen LogP contribution in [0.4, 0.5) is 14.5 Å². The highest BCUT2D eigenvalue weighted by atomic mass is 32.2. The predicted molar refractivity (Wildman–Crippen MR) is 102 cm³/mol. The van der Waals surface area contributed by atoms with Gasteiger partial charge in [-0.2, -0.15) is 8.78 Å². The van der Waals surface area contributed by atoms with Gasteiger partial charge in [-0.05, 0) is 24.1 Å². The molecule has 0 aliphatic heterocycles. The molecule has 0 heterocycles. The number of hydrogen-bond donors (Lipinski definition) is 2. The number of carbonyl (C=O) groups excluding carboxylic acids is 1. The maximum absolute atomic E-state index is 12.9. The molecular weight excluding hydrogens is 390 g/mol. The number of rotatable bonds is 10. The standard InChI is InChI=1S/C19H22F2N2O4S/c20-19(21)28(26,27)17-9-5-4-8-16(17)22-18(25)14-23(12-13-24)11-10-15-6-2-1-3-7-15/h1-9,19,24H,10-14H2,(H,22,25). The van der Waals surface area contributed by atoms with Crippen molar-refractivity contribution in [2.24, 2.45) is 0 Å². The van der Waals surface area contributed by atoms with Gasteiger partial charge >= 0.3 is 5.76 Å². The molecule has 0 aromatic heterocycles. The second-order valence-corrected chi connectivity index (χ2v) is 7.97. The van der Waals surface area contributed by atoms with Crippen LogP contribution >= 0.6 is 0 Å². The van der Waals surface area contributed by atoms with Crippen molar-refractivity contribution >= 4 is 21.4 Å². The number of aliphatic hydroxyl groups is 1. The summed E-state index contributed by atoms with van der Waals surface area (Å²) in [5, 5.41) is 11.6. The molecule has 0 atom stereocenters. The Morgan fingerprint density at radius 2 is 1.68 bits per heavy atom. The zero-order chi connectivity index (χ0) is 20.6. The van der Waals surface area contributed by atoms with E-state index in [-0.39, 0.29) is 25.4 Å². The number of alkyl halides is 2. The molecule has 0 radical (unpaired) electrons. The molecule has 0 saturated carbocycles. The van der Waals surface area contributed by atoms with Gasteiger partial charge in [-0.15, -0.1) is 0 Å². The molecule has 0 fully saturated rings. The maximum Gasteiger partial charge on any atom is 0.341 e. The van der Waals surface area contributed by atoms with Crippen molar-refractivity contribution in [2.45, 2.75) is 17.1 Å². The van der Waals surface area contributed by atoms with Crippen molar-refractivity contribution in [2.75, 3.05) is 31.6 Å². The molecule has 1 amide bonds. The molecule has 2 rings (SSSR count). The van der Waals surface area contributed by atoms with Crippen molar-refractivity contribution < 1.29 is 27.1 Å². The third-order valence-corrected chi connectivity index (χ3v) is 5.48. The molecule has 6 nitrogen and oxygen atoms in total. The molecule has 0 saturated heterocycles. The predicted octanol–water partition coefficient (Wildman–Crippen LogP) is 2.16. The van der Waals surface area contributed by atoms with E-state index in [0.29, 0.717) is 13.0 Å². The molecule has 28 heavy (non-hydrogen) atoms. The first kappa shape index (κ1) is 21.9. The van der Waals surface area contributed by atoms with Crippen molar-refractivity contribution in [3.05, 3.63) is 60.2 Å². The molecule has 0 bridgehead atoms. The van der Waals surface area contributed by atoms with Gasteiger partial charge in [0.1, 0.15) is 0 Å². The van der Waals surface area contributed by atoms with Gasteiger partial charge in [0.15, 0.2) is 0 Å². The Morgan fingerprint density at radius 1 is 1.04 bits per heavy atom. The molecule has 0 unspecified atom stereocenters. The average molecular weight is 412 g/mol. The molecule has 0 aliphatic rings. The number of hydrogen-bond acceptors (Lipinski definition) is 5. The van der Waals surface area contributed by atoms with E-state index in [1.54, 1.807) is 4.90 Å². The summed E-state index contributed by atoms with van der Waals surface area (Å²) < 4.78 is 49.2. The summed E-state index contributed by atoms with van der Waals surface area (Å²) in [6, 6.07) is 14.6. The van der Waals surface area contributed by atoms with E-state index in [9.17, 15) is 27.1 Å². The number of nitrogens with zero attached hydrogens (tertiary/aromatic N) is 1. The SMILES string of the molecule is O=C(CN(CCO)CCc1ccccc1)Nc1ccccc1S(=O)(=O)C(F)F. The number of carbonyl (C=O) groups is 1. The number of para-hydroxylation sites is 1. The van der Waals surface area contributed by atoms with Gasteiger partial charge in [-0.1, -0.05) is 42.5 Å². The lowest BCUT2D eigenvalue weighted by molar-refractivity contribution is -0.117. The van der Waals surface area contributed by atoms with E-state index in [1.165, 1.54) is 18.2 Å². The van der Waals surface area contributed by atoms with Crippen LogP contribution in [0.2, 0.25) is 0 Å². The number of benzene rings is 2. The van der Waals surface area contributed by atoms with Crippen LogP contribution in [0.3, 0.4) is 0 Å². The largest absolute Gasteiger partial charge is 0.395 e. The quantitative estimate of drug-likeness (QED) is 0.625. The minimum atomic E-state index is -4.84. The molecule has 9 heteroatoms. The smallest absolute Gasteiger partial charge is 0.341 e. The number of nitrogens with one attached hydrogen (secondary N) is 1. The average Bonchev–Trinajstić information content (AvgIpc) is 2.67. The first-order chi connectivity index (χ1) is 13.3. The Kier molecular flexibility index (Phi) is 8.04. The van der Waals surface area contributed by atoms with Crippen LogP contribution in [0.5, 0.6) is 0 Å². The van der Waals surface area contributed by atoms with Crippen LogP contribution in [0.25, 0.3) is 0 Å². The van der Waals surface area contributed by atoms with Crippen LogP contribution < -0.4 is 5.32 Å². The second-order valence-electron chi connectivity index (χ2n) is 6.09. The molecule has 0 spiro atoms. The second kappa shape index (κ2) is 10.3. The summed E-state index contributed by atoms with van der Waals surface area (Å²) in [5.74, 6) is -4.14. The number of aliphatic hydroxyl groups excluding tert-OH is 1. The summed E-state index contributed by atoms with van der Waals surface area (Å²) in [6.07, 6.45) is 0.657. The summed E-state index contributed by atoms with van der Waals surface area (Å²) in [5.41, 5.74) is 0.874. The van der Waals surface area contributed by atoms with Gasteiger partial charge < -0.3 is 10.4 Å². The van der Waals surface area contributed by atoms with Crippen molar-refractivity contribution in [1.82, 2.24) is 4.90 Å². The third kappa shape index (κ3) is 6.08. The van der Waals surface area contributed by atoms with E-state index in [4.69, 9.17) is 0 Å². The van der Waals surface area contributed by atoms with Crippen LogP contribution in [-0.2, 0) is 21.1 Å². The zero-order valence-corrected chi connectivity index (χ0v) is 15.9. The van der Waals surface area contributed by atoms with Crippen molar-refractivity contribution in [3.63, 3.8) is 0 Å². The van der Waals surface area contributed by atoms with Crippen molar-refractivity contribution in [3.8, 4) is 0 Å². The van der Waals surface area contributed by atoms with Gasteiger partial charge in [-0.3, -0.25) is 9.69 Å². The first-order valence-electron chi connectivity index (χ1n) is 8.62. The number of sulfone groups is 1. The summed E-state index contributed by atoms with van der Waals surface area (Å²) >= 11 is 0. The highest BCUT2D eigenvalue weighted by Gasteiger charge is 2.29. The van der Waals surface area contributed by atoms with Gasteiger partial charge in [-0.25, -0.2) is 8.42 Å². The molecular formula is C19H22F2N2O4S. The highest BCUT2D eigenvalue weighted by Crippen LogP contribution is 2.26. The van der Waals surface area contributed by atoms with Crippen LogP contribution in [0.15, 0.2) is 59.5 Å². The maximum atomic E-state index is 12.9. The molecule has 2 aromatic carbocycles. The number of anilines is 1. The molecule has 2 N–H and O–H groups in total. The third-order valence-electron chi connectivity index (χ3n) is 4.05. The van der Waals surface area contributed by atoms with E-state index in [0.717, 1.165) is 11.6 Å². The fraction of sp³-hybridized carbons (Fsp3) is 0.316. The summed E-state index contributed by atoms with van der Waals surface area (Å²) in [6.45, 7) is 0.473. The van der Waals surface area contributed by atoms with E-state index in [2.05, 4.69) is 5.32 Å². The lowest BCUT2D eigenvalue weighted by Crippen LogP contribution is -2.36. The number of amides is 1. The summed E-state index contributed by atoms with van der Waals surface area (Å²) in [7, 11) is -4.84. The van der Waals surface area contributed by atoms with Gasteiger partial charge in [0, 0.05) is 13.1 Å². The normalized spacial score (nSPS) is 11.8. The van der Waals surface area contributed by atoms with Crippen molar-refractivity contribution in [1.29, 1.82) is 0 Å². The fourth-order valence-electron chi connectivity index (χ4n) is 2.65. The lowest BCUT2D eigenvalue weighted by atomic mass is 10.1. The van der Waals surface area contributed by atoms with Crippen LogP contribution in [-0.4, -0.2) is 56.3 Å². The van der Waals surface area contributed by atoms with E-state index >= 15 is 0 Å². The Morgan fingerprint density at radius 3 is 2.32 bits per heavy atom. The Balaban J connectivity index is 2.05. The highest BCUT2D eigenvalue weighted by molar-refractivity contribution is 7.91. The summed E-state index contributed by atoms with van der Waals surface area (Å²) in [4.78, 5) is 13.4. The topological polar surface area (TPSA) is 86.7 Å². The minimum absolute atomic E-state index is 0.115. The molecule has 2 aromatic rings. The lowest BCUT2D eigenvalue weighted by Gasteiger charge is -2.21. The van der Waals surface area contributed by atoms with E-state index < -0.39 is 26.4 Å². The molecule has 0 aliphatic carbocycles. The zero-order valence-electron chi connectivity index (χ0n) is 15.1. The monoisotopic (exact) mass is 412 g/mol. The Bertz CT molecular complexity index is 877. The number of halogens is 2. The first-order valence-corrected chi connectivity index (χ1v) is 10.2.